The van der Waals surface area contributed by atoms with Crippen LogP contribution in [0.3, 0.4) is 0 Å². The first-order valence-corrected chi connectivity index (χ1v) is 28.8. The Bertz CT molecular complexity index is 3460. The van der Waals surface area contributed by atoms with Crippen molar-refractivity contribution in [3.8, 4) is 46.0 Å². The molecule has 5 atom stereocenters. The molecule has 0 radical (unpaired) electrons. The molecule has 16 heteroatoms. The third kappa shape index (κ3) is 15.0. The molecule has 4 fully saturated rings. The van der Waals surface area contributed by atoms with Gasteiger partial charge in [0, 0.05) is 17.6 Å². The summed E-state index contributed by atoms with van der Waals surface area (Å²) in [5.74, 6) is 2.43. The van der Waals surface area contributed by atoms with Crippen molar-refractivity contribution < 1.29 is 76.5 Å². The Labute approximate surface area is 494 Å². The van der Waals surface area contributed by atoms with Crippen molar-refractivity contribution in [1.82, 2.24) is 0 Å². The van der Waals surface area contributed by atoms with Gasteiger partial charge in [0.15, 0.2) is 11.5 Å². The molecule has 6 aromatic rings. The Hall–Kier alpha value is -8.22. The molecule has 6 aromatic carbocycles. The molecular formula is C69H68O16. The summed E-state index contributed by atoms with van der Waals surface area (Å²) in [5, 5.41) is 0. The van der Waals surface area contributed by atoms with E-state index in [4.69, 9.17) is 66.9 Å². The summed E-state index contributed by atoms with van der Waals surface area (Å²) in [5.41, 5.74) is 5.77. The summed E-state index contributed by atoms with van der Waals surface area (Å²) in [4.78, 5) is 51.9. The highest BCUT2D eigenvalue weighted by atomic mass is 17.2. The molecule has 0 saturated carbocycles. The molecule has 12 rings (SSSR count). The van der Waals surface area contributed by atoms with Gasteiger partial charge in [0.1, 0.15) is 87.1 Å². The largest absolute Gasteiger partial charge is 0.491 e. The van der Waals surface area contributed by atoms with Crippen molar-refractivity contribution in [3.05, 3.63) is 190 Å². The van der Waals surface area contributed by atoms with E-state index in [1.165, 1.54) is 12.2 Å². The number of hydrogen-bond donors (Lipinski definition) is 0. The number of hydrogen-bond acceptors (Lipinski definition) is 16. The van der Waals surface area contributed by atoms with Crippen LogP contribution in [0, 0.1) is 0 Å². The molecule has 4 heterocycles. The van der Waals surface area contributed by atoms with E-state index in [0.717, 1.165) is 69.2 Å². The van der Waals surface area contributed by atoms with Gasteiger partial charge in [-0.1, -0.05) is 101 Å². The number of carbonyl (C=O) groups excluding carboxylic acids is 2. The SMILES string of the molecule is CC1(C)CC2(CC(C)(C)c3cc(OC(=O)/C=C/c4ccc(OCC5CO5)cc4)c(OC(=O)/C=C/c4ccc(OCC5CO5)cc4)cc32)c2cc(OOCC=Cc3ccc(OCC4CO4)cc3)c(OOC/C=C/c3ccc(OCC4CO4)cc3)cc21. The van der Waals surface area contributed by atoms with Crippen LogP contribution in [0.5, 0.6) is 46.0 Å². The van der Waals surface area contributed by atoms with Gasteiger partial charge in [-0.2, -0.15) is 9.78 Å². The molecule has 0 aromatic heterocycles. The zero-order valence-electron chi connectivity index (χ0n) is 48.0. The summed E-state index contributed by atoms with van der Waals surface area (Å²) < 4.78 is 56.6. The zero-order chi connectivity index (χ0) is 58.4. The Morgan fingerprint density at radius 3 is 1.05 bits per heavy atom. The molecule has 0 N–H and O–H groups in total. The van der Waals surface area contributed by atoms with Crippen LogP contribution in [0.1, 0.15) is 85.0 Å². The maximum absolute atomic E-state index is 14.0. The van der Waals surface area contributed by atoms with Crippen LogP contribution in [0.2, 0.25) is 0 Å². The Kier molecular flexibility index (Phi) is 16.9. The van der Waals surface area contributed by atoms with E-state index in [-0.39, 0.29) is 49.1 Å². The van der Waals surface area contributed by atoms with Gasteiger partial charge in [-0.05, 0) is 153 Å². The molecule has 1 spiro atoms. The molecular weight excluding hydrogens is 1080 g/mol. The predicted molar refractivity (Wildman–Crippen MR) is 316 cm³/mol. The Morgan fingerprint density at radius 2 is 0.718 bits per heavy atom. The second-order valence-electron chi connectivity index (χ2n) is 23.3. The first kappa shape index (κ1) is 57.2. The van der Waals surface area contributed by atoms with Crippen LogP contribution in [-0.2, 0) is 54.6 Å². The highest BCUT2D eigenvalue weighted by Crippen LogP contribution is 2.65. The fourth-order valence-corrected chi connectivity index (χ4v) is 11.0. The van der Waals surface area contributed by atoms with E-state index in [2.05, 4.69) is 27.7 Å². The monoisotopic (exact) mass is 1150 g/mol. The van der Waals surface area contributed by atoms with E-state index in [1.807, 2.05) is 146 Å². The second kappa shape index (κ2) is 25.2. The van der Waals surface area contributed by atoms with Gasteiger partial charge < -0.3 is 57.1 Å². The van der Waals surface area contributed by atoms with E-state index >= 15 is 0 Å². The van der Waals surface area contributed by atoms with E-state index < -0.39 is 28.2 Å². The topological polar surface area (TPSA) is 177 Å². The third-order valence-electron chi connectivity index (χ3n) is 15.5. The minimum absolute atomic E-state index is 0.0849. The van der Waals surface area contributed by atoms with Gasteiger partial charge in [0.2, 0.25) is 11.5 Å². The zero-order valence-corrected chi connectivity index (χ0v) is 48.0. The molecule has 4 saturated heterocycles. The van der Waals surface area contributed by atoms with Gasteiger partial charge >= 0.3 is 11.9 Å². The van der Waals surface area contributed by atoms with Crippen molar-refractivity contribution >= 4 is 36.2 Å². The predicted octanol–water partition coefficient (Wildman–Crippen LogP) is 11.7. The minimum atomic E-state index is -0.667. The van der Waals surface area contributed by atoms with Crippen LogP contribution in [0.4, 0.5) is 0 Å². The van der Waals surface area contributed by atoms with Crippen molar-refractivity contribution in [3.63, 3.8) is 0 Å². The van der Waals surface area contributed by atoms with Crippen molar-refractivity contribution in [2.75, 3.05) is 66.1 Å². The van der Waals surface area contributed by atoms with Gasteiger partial charge in [-0.15, -0.1) is 0 Å². The summed E-state index contributed by atoms with van der Waals surface area (Å²) in [7, 11) is 0. The lowest BCUT2D eigenvalue weighted by molar-refractivity contribution is -0.218. The van der Waals surface area contributed by atoms with E-state index in [9.17, 15) is 9.59 Å². The third-order valence-corrected chi connectivity index (χ3v) is 15.5. The van der Waals surface area contributed by atoms with Gasteiger partial charge in [-0.3, -0.25) is 0 Å². The number of benzene rings is 6. The second-order valence-corrected chi connectivity index (χ2v) is 23.3. The first-order valence-electron chi connectivity index (χ1n) is 28.8. The number of epoxide rings is 4. The smallest absolute Gasteiger partial charge is 0.336 e. The summed E-state index contributed by atoms with van der Waals surface area (Å²) in [6.45, 7) is 13.9. The molecule has 440 valence electrons. The average molecular weight is 1150 g/mol. The van der Waals surface area contributed by atoms with Crippen molar-refractivity contribution in [2.24, 2.45) is 0 Å². The molecule has 6 aliphatic rings. The van der Waals surface area contributed by atoms with Crippen molar-refractivity contribution in [1.29, 1.82) is 0 Å². The van der Waals surface area contributed by atoms with Gasteiger partial charge in [0.05, 0.1) is 26.4 Å². The van der Waals surface area contributed by atoms with Crippen LogP contribution < -0.4 is 38.2 Å². The first-order chi connectivity index (χ1) is 41.3. The van der Waals surface area contributed by atoms with Crippen LogP contribution in [0.15, 0.2) is 146 Å². The van der Waals surface area contributed by atoms with Crippen LogP contribution in [-0.4, -0.2) is 102 Å². The maximum atomic E-state index is 14.0. The average Bonchev–Trinajstić information content (AvgIpc) is 1.59. The summed E-state index contributed by atoms with van der Waals surface area (Å²) in [6, 6.07) is 38.0. The molecule has 4 aliphatic heterocycles. The Morgan fingerprint density at radius 1 is 0.424 bits per heavy atom. The molecule has 85 heavy (non-hydrogen) atoms. The maximum Gasteiger partial charge on any atom is 0.336 e. The van der Waals surface area contributed by atoms with E-state index in [1.54, 1.807) is 12.2 Å². The minimum Gasteiger partial charge on any atom is -0.491 e. The van der Waals surface area contributed by atoms with E-state index in [0.29, 0.717) is 75.5 Å². The molecule has 16 nitrogen and oxygen atoms in total. The fourth-order valence-electron chi connectivity index (χ4n) is 11.0. The highest BCUT2D eigenvalue weighted by Gasteiger charge is 2.57. The summed E-state index contributed by atoms with van der Waals surface area (Å²) in [6.07, 6.45) is 15.5. The lowest BCUT2D eigenvalue weighted by Crippen LogP contribution is -2.27. The van der Waals surface area contributed by atoms with Crippen LogP contribution >= 0.6 is 0 Å². The fraction of sp³-hybridized carbons (Fsp3) is 0.333. The molecule has 2 aliphatic carbocycles. The summed E-state index contributed by atoms with van der Waals surface area (Å²) >= 11 is 0. The van der Waals surface area contributed by atoms with Gasteiger partial charge in [0.25, 0.3) is 0 Å². The standard InChI is InChI=1S/C69H68O16/c1-67(2)43-69(59-33-62(83-66(71)28-18-48-15-25-52(26-16-48)75-38-56-42-79-56)61(31-57(59)67)82-65(70)27-17-47-13-23-51(24-14-47)74-37-55-41-78-55)44-68(3,4)58-32-63(84-80-29-5-7-45-9-19-49(20-10-45)72-35-53-39-76-53)64(34-60(58)69)85-81-30-6-8-46-11-21-50(22-12-46)73-36-54-40-77-54/h5-28,31-34,53-56H,29-30,35-44H2,1-4H3/b7-5+,8-6?,27-17+,28-18+. The number of fused-ring (bicyclic) bond motifs is 4. The number of esters is 2. The Balaban J connectivity index is 0.817. The lowest BCUT2D eigenvalue weighted by atomic mass is 9.72. The lowest BCUT2D eigenvalue weighted by Gasteiger charge is -2.30. The van der Waals surface area contributed by atoms with Crippen molar-refractivity contribution in [2.45, 2.75) is 81.2 Å². The number of carbonyl (C=O) groups is 2. The normalized spacial score (nSPS) is 21.7. The van der Waals surface area contributed by atoms with Crippen LogP contribution in [0.25, 0.3) is 24.3 Å². The molecule has 0 bridgehead atoms. The van der Waals surface area contributed by atoms with Gasteiger partial charge in [-0.25, -0.2) is 9.59 Å². The molecule has 5 unspecified atom stereocenters. The molecule has 0 amide bonds. The number of ether oxygens (including phenoxy) is 10. The number of rotatable bonds is 28. The highest BCUT2D eigenvalue weighted by molar-refractivity contribution is 5.91. The quantitative estimate of drug-likeness (QED) is 0.00861.